The van der Waals surface area contributed by atoms with Crippen molar-refractivity contribution in [2.24, 2.45) is 0 Å². The molecule has 0 spiro atoms. The fourth-order valence-corrected chi connectivity index (χ4v) is 0.573. The molecular formula is C12H14O2Y-2. The van der Waals surface area contributed by atoms with Gasteiger partial charge in [0.25, 0.3) is 0 Å². The molecule has 0 N–H and O–H groups in total. The van der Waals surface area contributed by atoms with Crippen molar-refractivity contribution < 1.29 is 42.2 Å². The van der Waals surface area contributed by atoms with Gasteiger partial charge in [-0.05, 0) is 6.92 Å². The Morgan fingerprint density at radius 2 is 1.87 bits per heavy atom. The smallest absolute Gasteiger partial charge is 0.174 e. The van der Waals surface area contributed by atoms with Crippen LogP contribution in [-0.2, 0) is 42.2 Å². The monoisotopic (exact) mass is 279 g/mol. The van der Waals surface area contributed by atoms with E-state index in [1.807, 2.05) is 30.3 Å². The maximum absolute atomic E-state index is 10.3. The van der Waals surface area contributed by atoms with Gasteiger partial charge < -0.3 is 4.74 Å². The molecule has 0 amide bonds. The number of allylic oxidation sites excluding steroid dienone is 1. The van der Waals surface area contributed by atoms with E-state index < -0.39 is 0 Å². The van der Waals surface area contributed by atoms with Crippen LogP contribution in [0.2, 0.25) is 0 Å². The van der Waals surface area contributed by atoms with Crippen LogP contribution < -0.4 is 0 Å². The summed E-state index contributed by atoms with van der Waals surface area (Å²) in [6.07, 6.45) is 1.34. The van der Waals surface area contributed by atoms with E-state index in [1.54, 1.807) is 13.8 Å². The van der Waals surface area contributed by atoms with E-state index in [1.165, 1.54) is 6.42 Å². The van der Waals surface area contributed by atoms with Gasteiger partial charge in [-0.25, -0.2) is 0 Å². The summed E-state index contributed by atoms with van der Waals surface area (Å²) in [5.41, 5.74) is 0. The third kappa shape index (κ3) is 13.4. The summed E-state index contributed by atoms with van der Waals surface area (Å²) in [5, 5.41) is 0. The predicted molar refractivity (Wildman–Crippen MR) is 56.2 cm³/mol. The molecule has 1 aromatic carbocycles. The minimum absolute atomic E-state index is 0. The molecule has 0 heterocycles. The Kier molecular flexibility index (Phi) is 12.9. The Balaban J connectivity index is 0. The molecule has 0 saturated carbocycles. The molecule has 0 atom stereocenters. The first-order valence-corrected chi connectivity index (χ1v) is 4.24. The van der Waals surface area contributed by atoms with E-state index in [4.69, 9.17) is 0 Å². The number of hydrogen-bond donors (Lipinski definition) is 0. The zero-order valence-electron chi connectivity index (χ0n) is 9.07. The molecule has 0 bridgehead atoms. The van der Waals surface area contributed by atoms with Crippen LogP contribution in [0.1, 0.15) is 13.8 Å². The second-order valence-electron chi connectivity index (χ2n) is 2.49. The van der Waals surface area contributed by atoms with Crippen LogP contribution in [0, 0.1) is 12.5 Å². The predicted octanol–water partition coefficient (Wildman–Crippen LogP) is 2.77. The van der Waals surface area contributed by atoms with Crippen molar-refractivity contribution >= 4 is 5.97 Å². The Morgan fingerprint density at radius 3 is 2.00 bits per heavy atom. The number of rotatable bonds is 2. The van der Waals surface area contributed by atoms with Crippen LogP contribution in [-0.4, -0.2) is 5.97 Å². The Hall–Kier alpha value is -0.596. The summed E-state index contributed by atoms with van der Waals surface area (Å²) in [6, 6.07) is 12.5. The van der Waals surface area contributed by atoms with Crippen LogP contribution >= 0.6 is 0 Å². The SMILES string of the molecule is C=C(C)OC(=O)[CH-]C.[Y].[c-]1ccccc1. The molecule has 0 fully saturated rings. The van der Waals surface area contributed by atoms with Crippen molar-refractivity contribution in [1.82, 2.24) is 0 Å². The van der Waals surface area contributed by atoms with Gasteiger partial charge >= 0.3 is 0 Å². The van der Waals surface area contributed by atoms with Gasteiger partial charge in [-0.15, -0.1) is 0 Å². The van der Waals surface area contributed by atoms with Gasteiger partial charge in [0.15, 0.2) is 5.97 Å². The second kappa shape index (κ2) is 11.5. The molecule has 0 aromatic heterocycles. The van der Waals surface area contributed by atoms with Crippen molar-refractivity contribution in [2.75, 3.05) is 0 Å². The van der Waals surface area contributed by atoms with E-state index >= 15 is 0 Å². The third-order valence-electron chi connectivity index (χ3n) is 1.12. The summed E-state index contributed by atoms with van der Waals surface area (Å²) in [7, 11) is 0. The number of hydrogen-bond acceptors (Lipinski definition) is 2. The number of esters is 1. The van der Waals surface area contributed by atoms with Crippen LogP contribution in [0.25, 0.3) is 0 Å². The maximum atomic E-state index is 10.3. The molecule has 15 heavy (non-hydrogen) atoms. The first-order chi connectivity index (χ1) is 6.66. The van der Waals surface area contributed by atoms with Gasteiger partial charge in [0.05, 0.1) is 5.76 Å². The van der Waals surface area contributed by atoms with Gasteiger partial charge in [-0.2, -0.15) is 43.3 Å². The van der Waals surface area contributed by atoms with Crippen molar-refractivity contribution in [1.29, 1.82) is 0 Å². The third-order valence-corrected chi connectivity index (χ3v) is 1.12. The fraction of sp³-hybridized carbons (Fsp3) is 0.167. The van der Waals surface area contributed by atoms with E-state index in [2.05, 4.69) is 17.4 Å². The molecule has 1 radical (unpaired) electrons. The first kappa shape index (κ1) is 16.8. The molecule has 1 rings (SSSR count). The van der Waals surface area contributed by atoms with Crippen LogP contribution in [0.15, 0.2) is 42.7 Å². The number of carbonyl (C=O) groups excluding carboxylic acids is 1. The molecule has 0 aliphatic heterocycles. The molecule has 2 nitrogen and oxygen atoms in total. The molecule has 1 aromatic rings. The minimum Gasteiger partial charge on any atom is -0.457 e. The van der Waals surface area contributed by atoms with Crippen molar-refractivity contribution in [3.8, 4) is 0 Å². The van der Waals surface area contributed by atoms with Gasteiger partial charge in [0.1, 0.15) is 0 Å². The summed E-state index contributed by atoms with van der Waals surface area (Å²) in [5.74, 6) is 0.0746. The Bertz CT molecular complexity index is 244. The molecule has 0 unspecified atom stereocenters. The maximum Gasteiger partial charge on any atom is 0.174 e. The van der Waals surface area contributed by atoms with Crippen LogP contribution in [0.4, 0.5) is 0 Å². The van der Waals surface area contributed by atoms with Gasteiger partial charge in [0, 0.05) is 32.7 Å². The Labute approximate surface area is 117 Å². The molecule has 3 heteroatoms. The number of benzene rings is 1. The van der Waals surface area contributed by atoms with Crippen molar-refractivity contribution in [2.45, 2.75) is 13.8 Å². The number of carbonyl (C=O) groups is 1. The standard InChI is InChI=1S/C6H9O2.C6H5.Y/c1-4-6(7)8-5(2)3;1-2-4-6-5-3-1;/h4H,2H2,1,3H3;1-5H;/q2*-1;. The van der Waals surface area contributed by atoms with Gasteiger partial charge in [0.2, 0.25) is 0 Å². The second-order valence-corrected chi connectivity index (χ2v) is 2.49. The zero-order valence-corrected chi connectivity index (χ0v) is 11.9. The molecule has 0 aliphatic rings. The first-order valence-electron chi connectivity index (χ1n) is 4.24. The summed E-state index contributed by atoms with van der Waals surface area (Å²) < 4.78 is 4.51. The largest absolute Gasteiger partial charge is 0.457 e. The van der Waals surface area contributed by atoms with E-state index in [-0.39, 0.29) is 38.7 Å². The summed E-state index contributed by atoms with van der Waals surface area (Å²) in [6.45, 7) is 6.62. The van der Waals surface area contributed by atoms with Crippen molar-refractivity contribution in [3.63, 3.8) is 0 Å². The van der Waals surface area contributed by atoms with E-state index in [9.17, 15) is 4.79 Å². The fourth-order valence-electron chi connectivity index (χ4n) is 0.573. The van der Waals surface area contributed by atoms with Crippen LogP contribution in [0.3, 0.4) is 0 Å². The normalized spacial score (nSPS) is 7.33. The van der Waals surface area contributed by atoms with Gasteiger partial charge in [-0.3, -0.25) is 11.2 Å². The van der Waals surface area contributed by atoms with Crippen LogP contribution in [0.5, 0.6) is 0 Å². The van der Waals surface area contributed by atoms with E-state index in [0.717, 1.165) is 0 Å². The minimum atomic E-state index is -0.350. The molecule has 79 valence electrons. The Morgan fingerprint density at radius 1 is 1.33 bits per heavy atom. The van der Waals surface area contributed by atoms with E-state index in [0.29, 0.717) is 5.76 Å². The number of ether oxygens (including phenoxy) is 1. The summed E-state index contributed by atoms with van der Waals surface area (Å²) in [4.78, 5) is 10.3. The van der Waals surface area contributed by atoms with Crippen molar-refractivity contribution in [3.05, 3.63) is 55.2 Å². The molecule has 0 aliphatic carbocycles. The van der Waals surface area contributed by atoms with Gasteiger partial charge in [-0.1, -0.05) is 6.58 Å². The summed E-state index contributed by atoms with van der Waals surface area (Å²) >= 11 is 0. The topological polar surface area (TPSA) is 26.3 Å². The molecular weight excluding hydrogens is 265 g/mol. The quantitative estimate of drug-likeness (QED) is 0.472. The zero-order chi connectivity index (χ0) is 10.8. The average Bonchev–Trinajstić information content (AvgIpc) is 2.20. The molecule has 0 saturated heterocycles. The average molecular weight is 279 g/mol.